The number of carbonyl (C=O) groups excluding carboxylic acids is 2. The number of aromatic nitrogens is 2. The number of hydrogen-bond donors (Lipinski definition) is 3. The Labute approximate surface area is 164 Å². The molecule has 2 heterocycles. The molecule has 0 radical (unpaired) electrons. The van der Waals surface area contributed by atoms with E-state index in [0.717, 1.165) is 37.7 Å². The van der Waals surface area contributed by atoms with Gasteiger partial charge >= 0.3 is 0 Å². The van der Waals surface area contributed by atoms with Crippen molar-refractivity contribution in [1.82, 2.24) is 20.2 Å². The van der Waals surface area contributed by atoms with Crippen molar-refractivity contribution in [2.45, 2.75) is 51.5 Å². The summed E-state index contributed by atoms with van der Waals surface area (Å²) in [5.41, 5.74) is 12.2. The number of likely N-dealkylation sites (tertiary alicyclic amines) is 1. The van der Waals surface area contributed by atoms with Crippen LogP contribution in [0.5, 0.6) is 0 Å². The molecule has 0 unspecified atom stereocenters. The molecule has 5 N–H and O–H groups in total. The molecule has 1 aliphatic heterocycles. The summed E-state index contributed by atoms with van der Waals surface area (Å²) in [4.78, 5) is 34.1. The van der Waals surface area contributed by atoms with Crippen LogP contribution in [0.2, 0.25) is 5.15 Å². The van der Waals surface area contributed by atoms with Crippen molar-refractivity contribution in [2.75, 3.05) is 24.6 Å². The van der Waals surface area contributed by atoms with E-state index < -0.39 is 6.04 Å². The van der Waals surface area contributed by atoms with Gasteiger partial charge in [-0.25, -0.2) is 4.98 Å². The van der Waals surface area contributed by atoms with Crippen LogP contribution in [0.3, 0.4) is 0 Å². The molecule has 1 aromatic heterocycles. The fraction of sp³-hybridized carbons (Fsp3) is 0.667. The molecular formula is C18H27ClN6O2. The Bertz CT molecular complexity index is 693. The van der Waals surface area contributed by atoms with Gasteiger partial charge in [-0.05, 0) is 51.4 Å². The van der Waals surface area contributed by atoms with Gasteiger partial charge in [0.05, 0.1) is 0 Å². The van der Waals surface area contributed by atoms with Crippen LogP contribution >= 0.6 is 11.6 Å². The summed E-state index contributed by atoms with van der Waals surface area (Å²) in [7, 11) is 0. The predicted octanol–water partition coefficient (Wildman–Crippen LogP) is 1.38. The molecule has 2 fully saturated rings. The molecule has 0 aromatic carbocycles. The van der Waals surface area contributed by atoms with Crippen LogP contribution in [0.25, 0.3) is 0 Å². The zero-order chi connectivity index (χ0) is 19.6. The van der Waals surface area contributed by atoms with Gasteiger partial charge in [0.25, 0.3) is 0 Å². The number of rotatable bonds is 6. The topological polar surface area (TPSA) is 127 Å². The molecule has 1 aliphatic carbocycles. The van der Waals surface area contributed by atoms with Crippen molar-refractivity contribution >= 4 is 35.2 Å². The lowest BCUT2D eigenvalue weighted by molar-refractivity contribution is -0.137. The molecule has 8 nitrogen and oxygen atoms in total. The highest BCUT2D eigenvalue weighted by Crippen LogP contribution is 2.29. The Morgan fingerprint density at radius 2 is 1.89 bits per heavy atom. The lowest BCUT2D eigenvalue weighted by Gasteiger charge is -2.33. The molecule has 1 atom stereocenters. The summed E-state index contributed by atoms with van der Waals surface area (Å²) in [5, 5.41) is 3.14. The zero-order valence-corrected chi connectivity index (χ0v) is 16.3. The van der Waals surface area contributed by atoms with E-state index in [2.05, 4.69) is 15.3 Å². The highest BCUT2D eigenvalue weighted by Gasteiger charge is 2.33. The van der Waals surface area contributed by atoms with Gasteiger partial charge < -0.3 is 21.7 Å². The third kappa shape index (κ3) is 5.00. The highest BCUT2D eigenvalue weighted by atomic mass is 35.5. The van der Waals surface area contributed by atoms with Gasteiger partial charge in [-0.2, -0.15) is 4.98 Å². The first-order valence-electron chi connectivity index (χ1n) is 9.51. The molecule has 3 rings (SSSR count). The number of carbonyl (C=O) groups is 2. The van der Waals surface area contributed by atoms with E-state index in [0.29, 0.717) is 36.4 Å². The lowest BCUT2D eigenvalue weighted by atomic mass is 9.90. The minimum Gasteiger partial charge on any atom is -0.383 e. The van der Waals surface area contributed by atoms with Gasteiger partial charge in [0.2, 0.25) is 17.8 Å². The third-order valence-electron chi connectivity index (χ3n) is 5.41. The Kier molecular flexibility index (Phi) is 6.04. The minimum atomic E-state index is -0.458. The summed E-state index contributed by atoms with van der Waals surface area (Å²) in [5.74, 6) is 1.02. The Morgan fingerprint density at radius 3 is 2.48 bits per heavy atom. The van der Waals surface area contributed by atoms with Crippen molar-refractivity contribution in [1.29, 1.82) is 0 Å². The molecule has 1 aromatic rings. The molecule has 9 heteroatoms. The van der Waals surface area contributed by atoms with Gasteiger partial charge in [0.1, 0.15) is 17.0 Å². The number of hydrogen-bond acceptors (Lipinski definition) is 6. The number of nitrogens with two attached hydrogens (primary N) is 2. The predicted molar refractivity (Wildman–Crippen MR) is 104 cm³/mol. The Balaban J connectivity index is 1.44. The number of piperidine rings is 1. The number of halogens is 1. The SMILES string of the molecule is C[C@H](NC(=O)C1CC1)C(=O)N1CCC(CCc2c(N)nc(N)nc2Cl)CC1. The smallest absolute Gasteiger partial charge is 0.244 e. The largest absolute Gasteiger partial charge is 0.383 e. The van der Waals surface area contributed by atoms with E-state index in [1.54, 1.807) is 6.92 Å². The van der Waals surface area contributed by atoms with Crippen LogP contribution in [0, 0.1) is 11.8 Å². The first-order chi connectivity index (χ1) is 12.8. The van der Waals surface area contributed by atoms with Crippen LogP contribution in [0.1, 0.15) is 44.6 Å². The van der Waals surface area contributed by atoms with E-state index in [9.17, 15) is 9.59 Å². The molecule has 1 saturated carbocycles. The van der Waals surface area contributed by atoms with Crippen LogP contribution in [0.15, 0.2) is 0 Å². The molecule has 1 saturated heterocycles. The molecule has 148 valence electrons. The van der Waals surface area contributed by atoms with E-state index in [1.807, 2.05) is 4.90 Å². The van der Waals surface area contributed by atoms with E-state index in [1.165, 1.54) is 0 Å². The molecule has 0 bridgehead atoms. The number of amides is 2. The standard InChI is InChI=1S/C18H27ClN6O2/c1-10(22-16(26)12-3-4-12)17(27)25-8-6-11(7-9-25)2-5-13-14(19)23-18(21)24-15(13)20/h10-12H,2-9H2,1H3,(H,22,26)(H4,20,21,23,24)/t10-/m0/s1. The zero-order valence-electron chi connectivity index (χ0n) is 15.6. The summed E-state index contributed by atoms with van der Waals surface area (Å²) in [6.07, 6.45) is 5.31. The van der Waals surface area contributed by atoms with Crippen LogP contribution < -0.4 is 16.8 Å². The van der Waals surface area contributed by atoms with Gasteiger partial charge in [0, 0.05) is 24.6 Å². The van der Waals surface area contributed by atoms with Crippen molar-refractivity contribution in [2.24, 2.45) is 11.8 Å². The monoisotopic (exact) mass is 394 g/mol. The maximum atomic E-state index is 12.5. The summed E-state index contributed by atoms with van der Waals surface area (Å²) >= 11 is 6.12. The summed E-state index contributed by atoms with van der Waals surface area (Å²) in [6, 6.07) is -0.458. The minimum absolute atomic E-state index is 0.00155. The second-order valence-electron chi connectivity index (χ2n) is 7.55. The first kappa shape index (κ1) is 19.7. The molecule has 27 heavy (non-hydrogen) atoms. The van der Waals surface area contributed by atoms with Crippen LogP contribution in [-0.4, -0.2) is 45.8 Å². The average molecular weight is 395 g/mol. The maximum absolute atomic E-state index is 12.5. The molecular weight excluding hydrogens is 368 g/mol. The van der Waals surface area contributed by atoms with Gasteiger partial charge in [-0.3, -0.25) is 9.59 Å². The average Bonchev–Trinajstić information content (AvgIpc) is 3.46. The second-order valence-corrected chi connectivity index (χ2v) is 7.91. The van der Waals surface area contributed by atoms with E-state index in [4.69, 9.17) is 23.1 Å². The van der Waals surface area contributed by atoms with E-state index in [-0.39, 0.29) is 23.7 Å². The number of nitrogens with zero attached hydrogens (tertiary/aromatic N) is 3. The molecule has 2 amide bonds. The van der Waals surface area contributed by atoms with Crippen molar-refractivity contribution < 1.29 is 9.59 Å². The Hall–Kier alpha value is -2.09. The van der Waals surface area contributed by atoms with Crippen LogP contribution in [0.4, 0.5) is 11.8 Å². The number of nitrogens with one attached hydrogen (secondary N) is 1. The fourth-order valence-corrected chi connectivity index (χ4v) is 3.80. The lowest BCUT2D eigenvalue weighted by Crippen LogP contribution is -2.49. The van der Waals surface area contributed by atoms with Gasteiger partial charge in [-0.1, -0.05) is 11.6 Å². The van der Waals surface area contributed by atoms with Crippen molar-refractivity contribution in [3.05, 3.63) is 10.7 Å². The second kappa shape index (κ2) is 8.29. The molecule has 2 aliphatic rings. The Morgan fingerprint density at radius 1 is 1.22 bits per heavy atom. The highest BCUT2D eigenvalue weighted by molar-refractivity contribution is 6.30. The van der Waals surface area contributed by atoms with Crippen molar-refractivity contribution in [3.63, 3.8) is 0 Å². The van der Waals surface area contributed by atoms with Crippen LogP contribution in [-0.2, 0) is 16.0 Å². The fourth-order valence-electron chi connectivity index (χ4n) is 3.52. The van der Waals surface area contributed by atoms with Gasteiger partial charge in [-0.15, -0.1) is 0 Å². The summed E-state index contributed by atoms with van der Waals surface area (Å²) in [6.45, 7) is 3.17. The number of nitrogen functional groups attached to an aromatic ring is 2. The first-order valence-corrected chi connectivity index (χ1v) is 9.89. The number of anilines is 2. The third-order valence-corrected chi connectivity index (χ3v) is 5.72. The van der Waals surface area contributed by atoms with E-state index >= 15 is 0 Å². The summed E-state index contributed by atoms with van der Waals surface area (Å²) < 4.78 is 0. The van der Waals surface area contributed by atoms with Crippen molar-refractivity contribution in [3.8, 4) is 0 Å². The normalized spacial score (nSPS) is 19.0. The maximum Gasteiger partial charge on any atom is 0.244 e. The van der Waals surface area contributed by atoms with Gasteiger partial charge in [0.15, 0.2) is 0 Å². The molecule has 0 spiro atoms. The quantitative estimate of drug-likeness (QED) is 0.625.